The van der Waals surface area contributed by atoms with Crippen molar-refractivity contribution in [3.8, 4) is 0 Å². The molecule has 0 aliphatic carbocycles. The first-order valence-electron chi connectivity index (χ1n) is 7.61. The number of nitrogens with zero attached hydrogens (tertiary/aromatic N) is 3. The highest BCUT2D eigenvalue weighted by Crippen LogP contribution is 2.28. The van der Waals surface area contributed by atoms with Gasteiger partial charge in [-0.05, 0) is 29.2 Å². The molecule has 0 aliphatic rings. The summed E-state index contributed by atoms with van der Waals surface area (Å²) in [5, 5.41) is 14.8. The number of rotatable bonds is 3. The summed E-state index contributed by atoms with van der Waals surface area (Å²) in [6.07, 6.45) is 1.44. The van der Waals surface area contributed by atoms with Crippen molar-refractivity contribution in [1.29, 1.82) is 0 Å². The predicted octanol–water partition coefficient (Wildman–Crippen LogP) is 4.58. The summed E-state index contributed by atoms with van der Waals surface area (Å²) in [5.74, 6) is 0.548. The lowest BCUT2D eigenvalue weighted by Gasteiger charge is -2.19. The molecule has 0 radical (unpaired) electrons. The van der Waals surface area contributed by atoms with Gasteiger partial charge in [-0.15, -0.1) is 0 Å². The second-order valence-electron chi connectivity index (χ2n) is 6.63. The minimum absolute atomic E-state index is 0.0171. The molecule has 0 fully saturated rings. The molecule has 0 amide bonds. The number of hydrogen-bond donors (Lipinski definition) is 1. The third-order valence-electron chi connectivity index (χ3n) is 3.84. The number of nitrogens with one attached hydrogen (secondary N) is 1. The number of fused-ring (bicyclic) bond motifs is 1. The first kappa shape index (κ1) is 15.9. The van der Waals surface area contributed by atoms with Gasteiger partial charge in [0.15, 0.2) is 0 Å². The maximum atomic E-state index is 11.0. The molecule has 3 rings (SSSR count). The summed E-state index contributed by atoms with van der Waals surface area (Å²) < 4.78 is 0. The van der Waals surface area contributed by atoms with Crippen LogP contribution in [0.1, 0.15) is 26.3 Å². The third-order valence-corrected chi connectivity index (χ3v) is 3.84. The molecule has 1 N–H and O–H groups in total. The van der Waals surface area contributed by atoms with Crippen LogP contribution in [-0.2, 0) is 5.41 Å². The molecule has 0 atom stereocenters. The van der Waals surface area contributed by atoms with Gasteiger partial charge in [0.1, 0.15) is 12.1 Å². The van der Waals surface area contributed by atoms with Gasteiger partial charge in [0.25, 0.3) is 5.69 Å². The Morgan fingerprint density at radius 2 is 1.75 bits per heavy atom. The smallest absolute Gasteiger partial charge is 0.270 e. The molecular weight excluding hydrogens is 304 g/mol. The zero-order chi connectivity index (χ0) is 17.3. The number of benzene rings is 2. The second kappa shape index (κ2) is 5.88. The monoisotopic (exact) mass is 322 g/mol. The van der Waals surface area contributed by atoms with E-state index in [1.165, 1.54) is 24.0 Å². The van der Waals surface area contributed by atoms with Crippen LogP contribution >= 0.6 is 0 Å². The Balaban J connectivity index is 1.97. The van der Waals surface area contributed by atoms with Crippen molar-refractivity contribution >= 4 is 28.1 Å². The average molecular weight is 322 g/mol. The van der Waals surface area contributed by atoms with Gasteiger partial charge in [0, 0.05) is 23.2 Å². The van der Waals surface area contributed by atoms with E-state index < -0.39 is 4.92 Å². The van der Waals surface area contributed by atoms with Crippen LogP contribution in [0.25, 0.3) is 10.9 Å². The highest BCUT2D eigenvalue weighted by atomic mass is 16.6. The summed E-state index contributed by atoms with van der Waals surface area (Å²) in [6.45, 7) is 6.48. The van der Waals surface area contributed by atoms with Gasteiger partial charge in [-0.1, -0.05) is 32.9 Å². The third kappa shape index (κ3) is 3.17. The van der Waals surface area contributed by atoms with E-state index >= 15 is 0 Å². The van der Waals surface area contributed by atoms with Crippen LogP contribution in [0.3, 0.4) is 0 Å². The molecule has 24 heavy (non-hydrogen) atoms. The summed E-state index contributed by atoms with van der Waals surface area (Å²) in [6, 6.07) is 12.6. The van der Waals surface area contributed by atoms with Crippen LogP contribution in [0.2, 0.25) is 0 Å². The fourth-order valence-electron chi connectivity index (χ4n) is 2.45. The molecular formula is C18H18N4O2. The Morgan fingerprint density at radius 3 is 2.38 bits per heavy atom. The van der Waals surface area contributed by atoms with Crippen LogP contribution in [-0.4, -0.2) is 14.9 Å². The van der Waals surface area contributed by atoms with Crippen LogP contribution in [0.15, 0.2) is 48.8 Å². The van der Waals surface area contributed by atoms with Gasteiger partial charge in [-0.3, -0.25) is 10.1 Å². The van der Waals surface area contributed by atoms with E-state index in [4.69, 9.17) is 0 Å². The molecule has 0 unspecified atom stereocenters. The lowest BCUT2D eigenvalue weighted by atomic mass is 9.87. The molecule has 6 heteroatoms. The summed E-state index contributed by atoms with van der Waals surface area (Å²) >= 11 is 0. The minimum atomic E-state index is -0.422. The molecule has 2 aromatic carbocycles. The van der Waals surface area contributed by atoms with E-state index in [1.807, 2.05) is 12.1 Å². The van der Waals surface area contributed by atoms with E-state index in [0.29, 0.717) is 16.7 Å². The Hall–Kier alpha value is -3.02. The molecule has 1 aromatic heterocycles. The largest absolute Gasteiger partial charge is 0.340 e. The van der Waals surface area contributed by atoms with Crippen LogP contribution < -0.4 is 5.32 Å². The SMILES string of the molecule is CC(C)(C)c1ccc(Nc2ncnc3ccc([N+](=O)[O-])cc23)cc1. The number of hydrogen-bond acceptors (Lipinski definition) is 5. The highest BCUT2D eigenvalue weighted by molar-refractivity contribution is 5.92. The minimum Gasteiger partial charge on any atom is -0.340 e. The summed E-state index contributed by atoms with van der Waals surface area (Å²) in [4.78, 5) is 19.0. The first-order valence-corrected chi connectivity index (χ1v) is 7.61. The molecule has 122 valence electrons. The number of nitro groups is 1. The lowest BCUT2D eigenvalue weighted by Crippen LogP contribution is -2.10. The number of aromatic nitrogens is 2. The van der Waals surface area contributed by atoms with Gasteiger partial charge < -0.3 is 5.32 Å². The van der Waals surface area contributed by atoms with Crippen molar-refractivity contribution in [2.75, 3.05) is 5.32 Å². The van der Waals surface area contributed by atoms with Gasteiger partial charge in [-0.2, -0.15) is 0 Å². The molecule has 0 aliphatic heterocycles. The normalized spacial score (nSPS) is 11.5. The van der Waals surface area contributed by atoms with Crippen molar-refractivity contribution in [2.24, 2.45) is 0 Å². The quantitative estimate of drug-likeness (QED) is 0.564. The van der Waals surface area contributed by atoms with Crippen LogP contribution in [0.5, 0.6) is 0 Å². The van der Waals surface area contributed by atoms with E-state index in [0.717, 1.165) is 5.69 Å². The van der Waals surface area contributed by atoms with Crippen molar-refractivity contribution in [3.05, 3.63) is 64.5 Å². The van der Waals surface area contributed by atoms with Crippen molar-refractivity contribution in [1.82, 2.24) is 9.97 Å². The Labute approximate surface area is 139 Å². The average Bonchev–Trinajstić information content (AvgIpc) is 2.54. The van der Waals surface area contributed by atoms with E-state index in [1.54, 1.807) is 6.07 Å². The Kier molecular flexibility index (Phi) is 3.89. The van der Waals surface area contributed by atoms with Crippen molar-refractivity contribution < 1.29 is 4.92 Å². The van der Waals surface area contributed by atoms with Crippen molar-refractivity contribution in [2.45, 2.75) is 26.2 Å². The second-order valence-corrected chi connectivity index (χ2v) is 6.63. The van der Waals surface area contributed by atoms with Gasteiger partial charge in [-0.25, -0.2) is 9.97 Å². The topological polar surface area (TPSA) is 81.0 Å². The van der Waals surface area contributed by atoms with E-state index in [-0.39, 0.29) is 11.1 Å². The fraction of sp³-hybridized carbons (Fsp3) is 0.222. The molecule has 0 saturated heterocycles. The summed E-state index contributed by atoms with van der Waals surface area (Å²) in [7, 11) is 0. The molecule has 0 saturated carbocycles. The highest BCUT2D eigenvalue weighted by Gasteiger charge is 2.14. The van der Waals surface area contributed by atoms with E-state index in [9.17, 15) is 10.1 Å². The Morgan fingerprint density at radius 1 is 1.04 bits per heavy atom. The zero-order valence-electron chi connectivity index (χ0n) is 13.8. The molecule has 3 aromatic rings. The zero-order valence-corrected chi connectivity index (χ0v) is 13.8. The molecule has 6 nitrogen and oxygen atoms in total. The number of non-ortho nitro benzene ring substituents is 1. The maximum Gasteiger partial charge on any atom is 0.270 e. The Bertz CT molecular complexity index is 899. The lowest BCUT2D eigenvalue weighted by molar-refractivity contribution is -0.384. The first-order chi connectivity index (χ1) is 11.3. The standard InChI is InChI=1S/C18H18N4O2/c1-18(2,3)12-4-6-13(7-5-12)21-17-15-10-14(22(23)24)8-9-16(15)19-11-20-17/h4-11H,1-3H3,(H,19,20,21). The van der Waals surface area contributed by atoms with Crippen LogP contribution in [0.4, 0.5) is 17.2 Å². The molecule has 1 heterocycles. The van der Waals surface area contributed by atoms with Gasteiger partial charge in [0.2, 0.25) is 0 Å². The number of nitro benzene ring substituents is 1. The van der Waals surface area contributed by atoms with Crippen LogP contribution in [0, 0.1) is 10.1 Å². The van der Waals surface area contributed by atoms with Gasteiger partial charge in [0.05, 0.1) is 10.4 Å². The van der Waals surface area contributed by atoms with Crippen molar-refractivity contribution in [3.63, 3.8) is 0 Å². The maximum absolute atomic E-state index is 11.0. The molecule has 0 bridgehead atoms. The van der Waals surface area contributed by atoms with Gasteiger partial charge >= 0.3 is 0 Å². The fourth-order valence-corrected chi connectivity index (χ4v) is 2.45. The summed E-state index contributed by atoms with van der Waals surface area (Å²) in [5.41, 5.74) is 2.86. The predicted molar refractivity (Wildman–Crippen MR) is 94.6 cm³/mol. The number of anilines is 2. The van der Waals surface area contributed by atoms with E-state index in [2.05, 4.69) is 48.2 Å². The molecule has 0 spiro atoms.